The molecule has 3 heteroatoms. The Hall–Kier alpha value is -2.00. The number of nitrogens with zero attached hydrogens (tertiary/aromatic N) is 2. The fourth-order valence-corrected chi connectivity index (χ4v) is 3.70. The van der Waals surface area contributed by atoms with Gasteiger partial charge in [0, 0.05) is 24.0 Å². The number of likely N-dealkylation sites (tertiary alicyclic amines) is 1. The lowest BCUT2D eigenvalue weighted by Crippen LogP contribution is -2.38. The summed E-state index contributed by atoms with van der Waals surface area (Å²) in [5.74, 6) is 0.357. The minimum atomic E-state index is 0.357. The molecule has 23 heavy (non-hydrogen) atoms. The van der Waals surface area contributed by atoms with Gasteiger partial charge in [-0.25, -0.2) is 0 Å². The lowest BCUT2D eigenvalue weighted by Gasteiger charge is -2.32. The average molecular weight is 308 g/mol. The number of aryl methyl sites for hydroxylation is 2. The van der Waals surface area contributed by atoms with Gasteiger partial charge in [-0.1, -0.05) is 24.3 Å². The molecule has 2 aliphatic heterocycles. The molecule has 0 saturated carbocycles. The Bertz CT molecular complexity index is 694. The molecule has 2 heterocycles. The molecule has 0 amide bonds. The SMILES string of the molecule is Oc1ccc2c(c1)N(CCCN1CCC1)c1ccccc1CC2. The molecular weight excluding hydrogens is 284 g/mol. The first kappa shape index (κ1) is 14.6. The van der Waals surface area contributed by atoms with Crippen molar-refractivity contribution >= 4 is 11.4 Å². The zero-order valence-electron chi connectivity index (χ0n) is 13.5. The van der Waals surface area contributed by atoms with Crippen molar-refractivity contribution in [1.82, 2.24) is 4.90 Å². The standard InChI is InChI=1S/C20H24N2O/c23-18-10-9-17-8-7-16-5-1-2-6-19(16)22(20(17)15-18)14-4-13-21-11-3-12-21/h1-2,5-6,9-10,15,23H,3-4,7-8,11-14H2. The van der Waals surface area contributed by atoms with E-state index in [0.29, 0.717) is 5.75 Å². The summed E-state index contributed by atoms with van der Waals surface area (Å²) in [5, 5.41) is 9.97. The first-order valence-corrected chi connectivity index (χ1v) is 8.71. The highest BCUT2D eigenvalue weighted by Crippen LogP contribution is 2.37. The summed E-state index contributed by atoms with van der Waals surface area (Å²) in [6.45, 7) is 4.69. The summed E-state index contributed by atoms with van der Waals surface area (Å²) >= 11 is 0. The van der Waals surface area contributed by atoms with Crippen molar-refractivity contribution in [3.8, 4) is 5.75 Å². The maximum absolute atomic E-state index is 9.97. The fraction of sp³-hybridized carbons (Fsp3) is 0.400. The van der Waals surface area contributed by atoms with Crippen LogP contribution in [0.25, 0.3) is 0 Å². The van der Waals surface area contributed by atoms with E-state index in [1.165, 1.54) is 48.6 Å². The van der Waals surface area contributed by atoms with Crippen LogP contribution in [0.5, 0.6) is 5.75 Å². The van der Waals surface area contributed by atoms with Crippen LogP contribution in [0.4, 0.5) is 11.4 Å². The number of hydrogen-bond donors (Lipinski definition) is 1. The molecule has 2 aromatic carbocycles. The molecule has 0 atom stereocenters. The van der Waals surface area contributed by atoms with E-state index in [2.05, 4.69) is 40.1 Å². The van der Waals surface area contributed by atoms with Crippen molar-refractivity contribution in [1.29, 1.82) is 0 Å². The topological polar surface area (TPSA) is 26.7 Å². The van der Waals surface area contributed by atoms with Gasteiger partial charge in [-0.2, -0.15) is 0 Å². The minimum Gasteiger partial charge on any atom is -0.508 e. The predicted molar refractivity (Wildman–Crippen MR) is 94.6 cm³/mol. The van der Waals surface area contributed by atoms with Gasteiger partial charge in [0.2, 0.25) is 0 Å². The number of aromatic hydroxyl groups is 1. The molecular formula is C20H24N2O. The van der Waals surface area contributed by atoms with E-state index in [9.17, 15) is 5.11 Å². The summed E-state index contributed by atoms with van der Waals surface area (Å²) in [6, 6.07) is 14.5. The van der Waals surface area contributed by atoms with E-state index in [4.69, 9.17) is 0 Å². The Morgan fingerprint density at radius 1 is 0.870 bits per heavy atom. The lowest BCUT2D eigenvalue weighted by atomic mass is 10.0. The molecule has 0 radical (unpaired) electrons. The number of anilines is 2. The summed E-state index contributed by atoms with van der Waals surface area (Å²) in [5.41, 5.74) is 5.23. The maximum Gasteiger partial charge on any atom is 0.117 e. The van der Waals surface area contributed by atoms with Gasteiger partial charge in [0.05, 0.1) is 0 Å². The van der Waals surface area contributed by atoms with Crippen LogP contribution in [0, 0.1) is 0 Å². The largest absolute Gasteiger partial charge is 0.508 e. The molecule has 2 aliphatic rings. The highest BCUT2D eigenvalue weighted by molar-refractivity contribution is 5.72. The third-order valence-electron chi connectivity index (χ3n) is 5.11. The summed E-state index contributed by atoms with van der Waals surface area (Å²) in [7, 11) is 0. The fourth-order valence-electron chi connectivity index (χ4n) is 3.70. The van der Waals surface area contributed by atoms with Crippen LogP contribution in [0.3, 0.4) is 0 Å². The Morgan fingerprint density at radius 3 is 2.43 bits per heavy atom. The molecule has 0 bridgehead atoms. The van der Waals surface area contributed by atoms with Crippen molar-refractivity contribution in [2.45, 2.75) is 25.7 Å². The quantitative estimate of drug-likeness (QED) is 0.932. The van der Waals surface area contributed by atoms with Gasteiger partial charge in [0.1, 0.15) is 5.75 Å². The predicted octanol–water partition coefficient (Wildman–Crippen LogP) is 3.72. The monoisotopic (exact) mass is 308 g/mol. The second kappa shape index (κ2) is 6.25. The second-order valence-electron chi connectivity index (χ2n) is 6.64. The van der Waals surface area contributed by atoms with Gasteiger partial charge >= 0.3 is 0 Å². The van der Waals surface area contributed by atoms with Gasteiger partial charge in [-0.3, -0.25) is 0 Å². The van der Waals surface area contributed by atoms with E-state index < -0.39 is 0 Å². The molecule has 1 fully saturated rings. The van der Waals surface area contributed by atoms with Gasteiger partial charge in [-0.15, -0.1) is 0 Å². The number of hydrogen-bond acceptors (Lipinski definition) is 3. The van der Waals surface area contributed by atoms with Crippen molar-refractivity contribution in [3.05, 3.63) is 53.6 Å². The van der Waals surface area contributed by atoms with Crippen LogP contribution < -0.4 is 4.90 Å². The van der Waals surface area contributed by atoms with E-state index in [0.717, 1.165) is 25.8 Å². The third kappa shape index (κ3) is 2.93. The first-order valence-electron chi connectivity index (χ1n) is 8.71. The van der Waals surface area contributed by atoms with E-state index in [-0.39, 0.29) is 0 Å². The minimum absolute atomic E-state index is 0.357. The van der Waals surface area contributed by atoms with Gasteiger partial charge in [-0.05, 0) is 68.6 Å². The van der Waals surface area contributed by atoms with Gasteiger partial charge < -0.3 is 14.9 Å². The van der Waals surface area contributed by atoms with Crippen molar-refractivity contribution < 1.29 is 5.11 Å². The molecule has 120 valence electrons. The number of rotatable bonds is 4. The summed E-state index contributed by atoms with van der Waals surface area (Å²) < 4.78 is 0. The number of phenols is 1. The Morgan fingerprint density at radius 2 is 1.65 bits per heavy atom. The van der Waals surface area contributed by atoms with E-state index in [1.807, 2.05) is 12.1 Å². The molecule has 0 unspecified atom stereocenters. The molecule has 2 aromatic rings. The molecule has 3 nitrogen and oxygen atoms in total. The Kier molecular flexibility index (Phi) is 3.96. The van der Waals surface area contributed by atoms with Crippen LogP contribution >= 0.6 is 0 Å². The highest BCUT2D eigenvalue weighted by Gasteiger charge is 2.21. The normalized spacial score (nSPS) is 17.1. The Balaban J connectivity index is 1.64. The van der Waals surface area contributed by atoms with Crippen molar-refractivity contribution in [2.75, 3.05) is 31.1 Å². The smallest absolute Gasteiger partial charge is 0.117 e. The zero-order valence-corrected chi connectivity index (χ0v) is 13.5. The molecule has 0 spiro atoms. The van der Waals surface area contributed by atoms with Crippen LogP contribution in [0.1, 0.15) is 24.0 Å². The summed E-state index contributed by atoms with van der Waals surface area (Å²) in [6.07, 6.45) is 4.61. The van der Waals surface area contributed by atoms with Crippen molar-refractivity contribution in [3.63, 3.8) is 0 Å². The molecule has 1 N–H and O–H groups in total. The van der Waals surface area contributed by atoms with Crippen LogP contribution in [0.15, 0.2) is 42.5 Å². The van der Waals surface area contributed by atoms with Crippen LogP contribution in [-0.4, -0.2) is 36.2 Å². The Labute approximate surface area is 138 Å². The molecule has 0 aliphatic carbocycles. The summed E-state index contributed by atoms with van der Waals surface area (Å²) in [4.78, 5) is 4.93. The van der Waals surface area contributed by atoms with E-state index >= 15 is 0 Å². The molecule has 1 saturated heterocycles. The average Bonchev–Trinajstić information content (AvgIpc) is 2.67. The third-order valence-corrected chi connectivity index (χ3v) is 5.11. The van der Waals surface area contributed by atoms with Gasteiger partial charge in [0.15, 0.2) is 0 Å². The van der Waals surface area contributed by atoms with Crippen LogP contribution in [-0.2, 0) is 12.8 Å². The zero-order chi connectivity index (χ0) is 15.6. The van der Waals surface area contributed by atoms with E-state index in [1.54, 1.807) is 0 Å². The van der Waals surface area contributed by atoms with Crippen LogP contribution in [0.2, 0.25) is 0 Å². The number of para-hydroxylation sites is 1. The van der Waals surface area contributed by atoms with Gasteiger partial charge in [0.25, 0.3) is 0 Å². The number of fused-ring (bicyclic) bond motifs is 2. The highest BCUT2D eigenvalue weighted by atomic mass is 16.3. The van der Waals surface area contributed by atoms with Crippen molar-refractivity contribution in [2.24, 2.45) is 0 Å². The number of phenolic OH excluding ortho intramolecular Hbond substituents is 1. The lowest BCUT2D eigenvalue weighted by molar-refractivity contribution is 0.180. The first-order chi connectivity index (χ1) is 11.3. The molecule has 4 rings (SSSR count). The second-order valence-corrected chi connectivity index (χ2v) is 6.64. The number of benzene rings is 2. The molecule has 0 aromatic heterocycles. The maximum atomic E-state index is 9.97.